The van der Waals surface area contributed by atoms with E-state index >= 15 is 0 Å². The maximum atomic E-state index is 14.0. The van der Waals surface area contributed by atoms with Gasteiger partial charge in [-0.2, -0.15) is 0 Å². The zero-order chi connectivity index (χ0) is 28.0. The van der Waals surface area contributed by atoms with Gasteiger partial charge in [0.1, 0.15) is 18.0 Å². The number of carbonyl (C=O) groups is 1. The molecule has 1 amide bonds. The molecule has 38 heavy (non-hydrogen) atoms. The van der Waals surface area contributed by atoms with E-state index in [9.17, 15) is 13.2 Å². The Kier molecular flexibility index (Phi) is 9.11. The number of ether oxygens (including phenoxy) is 4. The summed E-state index contributed by atoms with van der Waals surface area (Å²) in [6, 6.07) is 14.6. The van der Waals surface area contributed by atoms with E-state index in [2.05, 4.69) is 5.32 Å². The fourth-order valence-corrected chi connectivity index (χ4v) is 5.64. The molecular weight excluding hydrogens is 508 g/mol. The second kappa shape index (κ2) is 12.1. The monoisotopic (exact) mass is 542 g/mol. The van der Waals surface area contributed by atoms with Gasteiger partial charge in [-0.1, -0.05) is 23.8 Å². The van der Waals surface area contributed by atoms with Gasteiger partial charge in [0.2, 0.25) is 5.91 Å². The lowest BCUT2D eigenvalue weighted by atomic mass is 10.0. The predicted octanol–water partition coefficient (Wildman–Crippen LogP) is 4.41. The molecule has 1 N–H and O–H groups in total. The van der Waals surface area contributed by atoms with Crippen LogP contribution in [0.5, 0.6) is 23.0 Å². The highest BCUT2D eigenvalue weighted by atomic mass is 32.2. The number of methoxy groups -OCH3 is 4. The zero-order valence-corrected chi connectivity index (χ0v) is 23.5. The molecule has 3 aromatic rings. The van der Waals surface area contributed by atoms with E-state index in [1.54, 1.807) is 12.1 Å². The Labute approximate surface area is 224 Å². The van der Waals surface area contributed by atoms with Crippen LogP contribution in [-0.4, -0.2) is 49.3 Å². The maximum absolute atomic E-state index is 14.0. The lowest BCUT2D eigenvalue weighted by Crippen LogP contribution is -2.41. The van der Waals surface area contributed by atoms with Crippen molar-refractivity contribution in [1.29, 1.82) is 0 Å². The fourth-order valence-electron chi connectivity index (χ4n) is 4.20. The van der Waals surface area contributed by atoms with E-state index in [1.807, 2.05) is 39.0 Å². The largest absolute Gasteiger partial charge is 0.497 e. The highest BCUT2D eigenvalue weighted by Crippen LogP contribution is 2.37. The molecule has 0 aliphatic carbocycles. The summed E-state index contributed by atoms with van der Waals surface area (Å²) in [4.78, 5) is 13.2. The van der Waals surface area contributed by atoms with Crippen LogP contribution in [0.4, 0.5) is 5.69 Å². The van der Waals surface area contributed by atoms with E-state index in [0.717, 1.165) is 21.0 Å². The average Bonchev–Trinajstić information content (AvgIpc) is 2.90. The highest BCUT2D eigenvalue weighted by Gasteiger charge is 2.31. The van der Waals surface area contributed by atoms with Crippen molar-refractivity contribution in [2.24, 2.45) is 0 Å². The molecule has 0 bridgehead atoms. The van der Waals surface area contributed by atoms with Crippen molar-refractivity contribution < 1.29 is 32.2 Å². The number of hydrogen-bond donors (Lipinski definition) is 1. The fraction of sp³-hybridized carbons (Fsp3) is 0.321. The minimum Gasteiger partial charge on any atom is -0.497 e. The summed E-state index contributed by atoms with van der Waals surface area (Å²) in [5.74, 6) is 0.768. The summed E-state index contributed by atoms with van der Waals surface area (Å²) in [6.07, 6.45) is 0. The Morgan fingerprint density at radius 3 is 2.11 bits per heavy atom. The van der Waals surface area contributed by atoms with Crippen LogP contribution in [0.25, 0.3) is 0 Å². The molecule has 3 aromatic carbocycles. The standard InChI is InChI=1S/C28H34N2O7S/c1-18-8-11-23(19(2)14-18)20(3)29-28(31)17-30(24-15-21(34-4)9-12-25(24)35-5)38(32,33)22-10-13-26(36-6)27(16-22)37-7/h8-16,20H,17H2,1-7H3,(H,29,31)/t20-/m1/s1. The van der Waals surface area contributed by atoms with Crippen molar-refractivity contribution in [3.63, 3.8) is 0 Å². The Hall–Kier alpha value is -3.92. The second-order valence-electron chi connectivity index (χ2n) is 8.72. The predicted molar refractivity (Wildman–Crippen MR) is 146 cm³/mol. The molecule has 0 aliphatic rings. The van der Waals surface area contributed by atoms with E-state index in [0.29, 0.717) is 11.5 Å². The molecule has 3 rings (SSSR count). The summed E-state index contributed by atoms with van der Waals surface area (Å²) < 4.78 is 50.4. The van der Waals surface area contributed by atoms with Gasteiger partial charge < -0.3 is 24.3 Å². The topological polar surface area (TPSA) is 103 Å². The maximum Gasteiger partial charge on any atom is 0.265 e. The minimum absolute atomic E-state index is 0.0877. The van der Waals surface area contributed by atoms with Crippen LogP contribution in [0.3, 0.4) is 0 Å². The third-order valence-electron chi connectivity index (χ3n) is 6.15. The molecule has 0 radical (unpaired) electrons. The molecule has 0 spiro atoms. The van der Waals surface area contributed by atoms with Gasteiger partial charge in [-0.25, -0.2) is 8.42 Å². The van der Waals surface area contributed by atoms with Crippen LogP contribution in [0.15, 0.2) is 59.5 Å². The van der Waals surface area contributed by atoms with Gasteiger partial charge in [-0.05, 0) is 56.2 Å². The van der Waals surface area contributed by atoms with Crippen molar-refractivity contribution in [3.8, 4) is 23.0 Å². The molecule has 0 heterocycles. The van der Waals surface area contributed by atoms with Crippen LogP contribution in [0, 0.1) is 13.8 Å². The van der Waals surface area contributed by atoms with Gasteiger partial charge in [0.05, 0.1) is 45.1 Å². The van der Waals surface area contributed by atoms with Gasteiger partial charge in [-0.15, -0.1) is 0 Å². The molecule has 1 atom stereocenters. The first-order valence-corrected chi connectivity index (χ1v) is 13.3. The van der Waals surface area contributed by atoms with Gasteiger partial charge >= 0.3 is 0 Å². The van der Waals surface area contributed by atoms with Gasteiger partial charge in [0.15, 0.2) is 11.5 Å². The quantitative estimate of drug-likeness (QED) is 0.383. The molecule has 10 heteroatoms. The first kappa shape index (κ1) is 28.6. The van der Waals surface area contributed by atoms with Crippen molar-refractivity contribution >= 4 is 21.6 Å². The van der Waals surface area contributed by atoms with E-state index in [-0.39, 0.29) is 28.1 Å². The summed E-state index contributed by atoms with van der Waals surface area (Å²) in [6.45, 7) is 5.32. The Morgan fingerprint density at radius 1 is 0.842 bits per heavy atom. The van der Waals surface area contributed by atoms with E-state index < -0.39 is 22.5 Å². The number of anilines is 1. The van der Waals surface area contributed by atoms with Crippen LogP contribution < -0.4 is 28.6 Å². The number of benzene rings is 3. The normalized spacial score (nSPS) is 11.9. The summed E-state index contributed by atoms with van der Waals surface area (Å²) in [7, 11) is 1.49. The van der Waals surface area contributed by atoms with Crippen molar-refractivity contribution in [1.82, 2.24) is 5.32 Å². The number of nitrogens with zero attached hydrogens (tertiary/aromatic N) is 1. The Bertz CT molecular complexity index is 1410. The van der Waals surface area contributed by atoms with Crippen LogP contribution in [0.2, 0.25) is 0 Å². The highest BCUT2D eigenvalue weighted by molar-refractivity contribution is 7.92. The molecular formula is C28H34N2O7S. The molecule has 0 aliphatic heterocycles. The summed E-state index contributed by atoms with van der Waals surface area (Å²) in [5.41, 5.74) is 3.23. The lowest BCUT2D eigenvalue weighted by molar-refractivity contribution is -0.120. The molecule has 204 valence electrons. The van der Waals surface area contributed by atoms with Crippen molar-refractivity contribution in [3.05, 3.63) is 71.3 Å². The average molecular weight is 543 g/mol. The zero-order valence-electron chi connectivity index (χ0n) is 22.7. The van der Waals surface area contributed by atoms with Gasteiger partial charge in [0.25, 0.3) is 10.0 Å². The smallest absolute Gasteiger partial charge is 0.265 e. The number of hydrogen-bond acceptors (Lipinski definition) is 7. The van der Waals surface area contributed by atoms with Gasteiger partial charge in [0, 0.05) is 12.1 Å². The number of amides is 1. The molecule has 0 saturated heterocycles. The van der Waals surface area contributed by atoms with Crippen LogP contribution in [0.1, 0.15) is 29.7 Å². The third-order valence-corrected chi connectivity index (χ3v) is 7.91. The SMILES string of the molecule is COc1ccc(OC)c(N(CC(=O)N[C@H](C)c2ccc(C)cc2C)S(=O)(=O)c2ccc(OC)c(OC)c2)c1. The van der Waals surface area contributed by atoms with Crippen LogP contribution >= 0.6 is 0 Å². The second-order valence-corrected chi connectivity index (χ2v) is 10.6. The number of nitrogens with one attached hydrogen (secondary N) is 1. The molecule has 0 fully saturated rings. The molecule has 0 saturated carbocycles. The first-order chi connectivity index (χ1) is 18.0. The number of carbonyl (C=O) groups excluding carboxylic acids is 1. The minimum atomic E-state index is -4.28. The number of sulfonamides is 1. The number of rotatable bonds is 11. The first-order valence-electron chi connectivity index (χ1n) is 11.9. The van der Waals surface area contributed by atoms with Crippen molar-refractivity contribution in [2.75, 3.05) is 39.3 Å². The molecule has 0 unspecified atom stereocenters. The van der Waals surface area contributed by atoms with E-state index in [1.165, 1.54) is 52.7 Å². The van der Waals surface area contributed by atoms with Gasteiger partial charge in [-0.3, -0.25) is 9.10 Å². The van der Waals surface area contributed by atoms with Crippen molar-refractivity contribution in [2.45, 2.75) is 31.7 Å². The Morgan fingerprint density at radius 2 is 1.50 bits per heavy atom. The number of aryl methyl sites for hydroxylation is 2. The summed E-state index contributed by atoms with van der Waals surface area (Å²) in [5, 5.41) is 2.93. The Balaban J connectivity index is 2.05. The lowest BCUT2D eigenvalue weighted by Gasteiger charge is -2.27. The molecule has 9 nitrogen and oxygen atoms in total. The van der Waals surface area contributed by atoms with E-state index in [4.69, 9.17) is 18.9 Å². The summed E-state index contributed by atoms with van der Waals surface area (Å²) >= 11 is 0. The third kappa shape index (κ3) is 6.13. The molecule has 0 aromatic heterocycles. The van der Waals surface area contributed by atoms with Crippen LogP contribution in [-0.2, 0) is 14.8 Å².